The van der Waals surface area contributed by atoms with Crippen LogP contribution in [0.3, 0.4) is 0 Å². The first-order valence-corrected chi connectivity index (χ1v) is 8.85. The number of aromatic nitrogens is 2. The van der Waals surface area contributed by atoms with Crippen molar-refractivity contribution in [2.24, 2.45) is 17.8 Å². The van der Waals surface area contributed by atoms with Gasteiger partial charge in [-0.25, -0.2) is 0 Å². The minimum atomic E-state index is 0.276. The maximum Gasteiger partial charge on any atom is 0.231 e. The van der Waals surface area contributed by atoms with Gasteiger partial charge in [0, 0.05) is 12.0 Å². The lowest BCUT2D eigenvalue weighted by Crippen LogP contribution is -2.49. The van der Waals surface area contributed by atoms with E-state index in [0.29, 0.717) is 5.92 Å². The first-order valence-electron chi connectivity index (χ1n) is 8.85. The van der Waals surface area contributed by atoms with Crippen LogP contribution in [0.15, 0.2) is 4.52 Å². The fourth-order valence-corrected chi connectivity index (χ4v) is 6.06. The van der Waals surface area contributed by atoms with Crippen LogP contribution in [0.5, 0.6) is 0 Å². The van der Waals surface area contributed by atoms with E-state index in [0.717, 1.165) is 42.6 Å². The van der Waals surface area contributed by atoms with Crippen LogP contribution in [-0.2, 0) is 5.41 Å². The molecule has 0 aromatic carbocycles. The SMILES string of the molecule is C1CNC[C@H](c2nc(C34CC5CC(CC(C5)C3)C4)no2)C1. The highest BCUT2D eigenvalue weighted by molar-refractivity contribution is 5.17. The average molecular weight is 287 g/mol. The standard InChI is InChI=1S/C17H25N3O/c1-2-14(10-18-3-1)15-19-16(20-21-15)17-7-11-4-12(8-17)6-13(5-11)9-17/h11-14,18H,1-10H2/t11?,12?,13?,14-,17?/m1/s1. The third-order valence-corrected chi connectivity index (χ3v) is 6.60. The highest BCUT2D eigenvalue weighted by Crippen LogP contribution is 2.60. The molecule has 1 N–H and O–H groups in total. The molecule has 5 fully saturated rings. The van der Waals surface area contributed by atoms with Gasteiger partial charge in [-0.15, -0.1) is 0 Å². The summed E-state index contributed by atoms with van der Waals surface area (Å²) in [4.78, 5) is 4.91. The number of hydrogen-bond donors (Lipinski definition) is 1. The van der Waals surface area contributed by atoms with Crippen molar-refractivity contribution in [1.82, 2.24) is 15.5 Å². The molecule has 0 radical (unpaired) electrons. The highest BCUT2D eigenvalue weighted by atomic mass is 16.5. The molecule has 1 aliphatic heterocycles. The summed E-state index contributed by atoms with van der Waals surface area (Å²) in [5.41, 5.74) is 0.276. The fourth-order valence-electron chi connectivity index (χ4n) is 6.06. The van der Waals surface area contributed by atoms with E-state index in [-0.39, 0.29) is 5.41 Å². The van der Waals surface area contributed by atoms with Gasteiger partial charge in [-0.3, -0.25) is 0 Å². The number of rotatable bonds is 2. The molecule has 4 nitrogen and oxygen atoms in total. The zero-order valence-corrected chi connectivity index (χ0v) is 12.7. The minimum Gasteiger partial charge on any atom is -0.339 e. The number of nitrogens with zero attached hydrogens (tertiary/aromatic N) is 2. The zero-order chi connectivity index (χ0) is 13.9. The van der Waals surface area contributed by atoms with E-state index < -0.39 is 0 Å². The molecule has 2 heterocycles. The van der Waals surface area contributed by atoms with Crippen LogP contribution in [-0.4, -0.2) is 23.2 Å². The lowest BCUT2D eigenvalue weighted by atomic mass is 9.49. The molecule has 1 saturated heterocycles. The molecule has 4 heteroatoms. The molecule has 6 rings (SSSR count). The Hall–Kier alpha value is -0.900. The van der Waals surface area contributed by atoms with Gasteiger partial charge in [0.15, 0.2) is 5.82 Å². The largest absolute Gasteiger partial charge is 0.339 e. The van der Waals surface area contributed by atoms with Crippen LogP contribution in [0.25, 0.3) is 0 Å². The van der Waals surface area contributed by atoms with Gasteiger partial charge in [-0.05, 0) is 75.7 Å². The summed E-state index contributed by atoms with van der Waals surface area (Å²) in [5, 5.41) is 7.92. The Kier molecular flexibility index (Phi) is 2.73. The lowest BCUT2D eigenvalue weighted by Gasteiger charge is -2.55. The molecule has 4 aliphatic carbocycles. The Morgan fingerprint density at radius 3 is 2.38 bits per heavy atom. The molecule has 0 spiro atoms. The minimum absolute atomic E-state index is 0.276. The van der Waals surface area contributed by atoms with Gasteiger partial charge in [-0.1, -0.05) is 5.16 Å². The number of hydrogen-bond acceptors (Lipinski definition) is 4. The summed E-state index contributed by atoms with van der Waals surface area (Å²) in [6, 6.07) is 0. The van der Waals surface area contributed by atoms with Gasteiger partial charge in [-0.2, -0.15) is 4.98 Å². The van der Waals surface area contributed by atoms with E-state index >= 15 is 0 Å². The topological polar surface area (TPSA) is 51.0 Å². The van der Waals surface area contributed by atoms with E-state index in [1.807, 2.05) is 0 Å². The summed E-state index contributed by atoms with van der Waals surface area (Å²) < 4.78 is 5.69. The maximum atomic E-state index is 5.69. The fraction of sp³-hybridized carbons (Fsp3) is 0.882. The van der Waals surface area contributed by atoms with Gasteiger partial charge >= 0.3 is 0 Å². The van der Waals surface area contributed by atoms with Crippen molar-refractivity contribution in [3.8, 4) is 0 Å². The third kappa shape index (κ3) is 1.98. The maximum absolute atomic E-state index is 5.69. The van der Waals surface area contributed by atoms with Crippen molar-refractivity contribution in [1.29, 1.82) is 0 Å². The summed E-state index contributed by atoms with van der Waals surface area (Å²) >= 11 is 0. The van der Waals surface area contributed by atoms with Gasteiger partial charge < -0.3 is 9.84 Å². The second-order valence-corrected chi connectivity index (χ2v) is 8.20. The second-order valence-electron chi connectivity index (χ2n) is 8.20. The molecule has 4 saturated carbocycles. The van der Waals surface area contributed by atoms with Crippen LogP contribution in [0.4, 0.5) is 0 Å². The molecule has 21 heavy (non-hydrogen) atoms. The predicted molar refractivity (Wildman–Crippen MR) is 79.0 cm³/mol. The molecule has 1 aromatic heterocycles. The molecule has 114 valence electrons. The Labute approximate surface area is 126 Å². The molecule has 0 amide bonds. The number of nitrogens with one attached hydrogen (secondary N) is 1. The molecule has 4 bridgehead atoms. The Morgan fingerprint density at radius 2 is 1.76 bits per heavy atom. The number of piperidine rings is 1. The Balaban J connectivity index is 1.44. The average Bonchev–Trinajstić information content (AvgIpc) is 2.97. The van der Waals surface area contributed by atoms with Crippen LogP contribution in [0.2, 0.25) is 0 Å². The Bertz CT molecular complexity index is 497. The molecule has 1 atom stereocenters. The summed E-state index contributed by atoms with van der Waals surface area (Å²) in [6.07, 6.45) is 10.8. The Morgan fingerprint density at radius 1 is 1.05 bits per heavy atom. The van der Waals surface area contributed by atoms with Crippen LogP contribution in [0.1, 0.15) is 69.0 Å². The summed E-state index contributed by atoms with van der Waals surface area (Å²) in [6.45, 7) is 2.13. The molecule has 0 unspecified atom stereocenters. The molecule has 5 aliphatic rings. The van der Waals surface area contributed by atoms with E-state index in [2.05, 4.69) is 10.5 Å². The van der Waals surface area contributed by atoms with Crippen LogP contribution < -0.4 is 5.32 Å². The van der Waals surface area contributed by atoms with Crippen LogP contribution in [0, 0.1) is 17.8 Å². The molecule has 1 aromatic rings. The van der Waals surface area contributed by atoms with Crippen molar-refractivity contribution in [2.75, 3.05) is 13.1 Å². The normalized spacial score (nSPS) is 45.1. The summed E-state index contributed by atoms with van der Waals surface area (Å²) in [7, 11) is 0. The van der Waals surface area contributed by atoms with E-state index in [1.54, 1.807) is 0 Å². The third-order valence-electron chi connectivity index (χ3n) is 6.60. The molecular formula is C17H25N3O. The van der Waals surface area contributed by atoms with E-state index in [9.17, 15) is 0 Å². The quantitative estimate of drug-likeness (QED) is 0.908. The summed E-state index contributed by atoms with van der Waals surface area (Å²) in [5.74, 6) is 5.21. The van der Waals surface area contributed by atoms with Crippen molar-refractivity contribution < 1.29 is 4.52 Å². The second kappa shape index (κ2) is 4.55. The zero-order valence-electron chi connectivity index (χ0n) is 12.7. The van der Waals surface area contributed by atoms with Gasteiger partial charge in [0.2, 0.25) is 5.89 Å². The monoisotopic (exact) mass is 287 g/mol. The molecular weight excluding hydrogens is 262 g/mol. The van der Waals surface area contributed by atoms with E-state index in [4.69, 9.17) is 9.51 Å². The van der Waals surface area contributed by atoms with Crippen molar-refractivity contribution >= 4 is 0 Å². The van der Waals surface area contributed by atoms with Crippen molar-refractivity contribution in [3.63, 3.8) is 0 Å². The van der Waals surface area contributed by atoms with Gasteiger partial charge in [0.25, 0.3) is 0 Å². The predicted octanol–water partition coefficient (Wildman–Crippen LogP) is 3.00. The van der Waals surface area contributed by atoms with Crippen molar-refractivity contribution in [2.45, 2.75) is 62.7 Å². The first-order chi connectivity index (χ1) is 10.3. The highest BCUT2D eigenvalue weighted by Gasteiger charge is 2.53. The van der Waals surface area contributed by atoms with E-state index in [1.165, 1.54) is 51.4 Å². The van der Waals surface area contributed by atoms with Crippen LogP contribution >= 0.6 is 0 Å². The lowest BCUT2D eigenvalue weighted by molar-refractivity contribution is -0.0103. The van der Waals surface area contributed by atoms with Crippen molar-refractivity contribution in [3.05, 3.63) is 11.7 Å². The first kappa shape index (κ1) is 12.6. The van der Waals surface area contributed by atoms with Gasteiger partial charge in [0.1, 0.15) is 0 Å². The van der Waals surface area contributed by atoms with Gasteiger partial charge in [0.05, 0.1) is 5.92 Å². The smallest absolute Gasteiger partial charge is 0.231 e.